The number of imidazole rings is 1. The molecule has 1 heterocycles. The van der Waals surface area contributed by atoms with Gasteiger partial charge in [0.1, 0.15) is 11.6 Å². The number of benzene rings is 2. The number of nitrogens with one attached hydrogen (secondary N) is 1. The highest BCUT2D eigenvalue weighted by Crippen LogP contribution is 2.62. The predicted molar refractivity (Wildman–Crippen MR) is 113 cm³/mol. The third-order valence-corrected chi connectivity index (χ3v) is 7.72. The maximum Gasteiger partial charge on any atom is 0.138 e. The zero-order chi connectivity index (χ0) is 18.9. The van der Waals surface area contributed by atoms with Gasteiger partial charge in [-0.25, -0.2) is 4.98 Å². The van der Waals surface area contributed by atoms with E-state index in [-0.39, 0.29) is 0 Å². The number of hydrogen-bond acceptors (Lipinski definition) is 2. The van der Waals surface area contributed by atoms with E-state index in [1.807, 2.05) is 7.11 Å². The van der Waals surface area contributed by atoms with Crippen molar-refractivity contribution >= 4 is 11.0 Å². The van der Waals surface area contributed by atoms with Crippen molar-refractivity contribution in [1.29, 1.82) is 0 Å². The van der Waals surface area contributed by atoms with E-state index in [0.717, 1.165) is 40.4 Å². The maximum atomic E-state index is 5.87. The van der Waals surface area contributed by atoms with Gasteiger partial charge in [-0.15, -0.1) is 0 Å². The van der Waals surface area contributed by atoms with Crippen LogP contribution in [-0.2, 0) is 5.41 Å². The lowest BCUT2D eigenvalue weighted by Crippen LogP contribution is -2.48. The molecule has 4 aliphatic carbocycles. The van der Waals surface area contributed by atoms with Gasteiger partial charge in [0.25, 0.3) is 0 Å². The molecule has 4 aliphatic rings. The Hall–Kier alpha value is -2.29. The van der Waals surface area contributed by atoms with Crippen LogP contribution in [0.1, 0.15) is 49.7 Å². The number of H-pyrrole nitrogens is 1. The van der Waals surface area contributed by atoms with Gasteiger partial charge in [-0.3, -0.25) is 0 Å². The molecule has 2 aromatic carbocycles. The van der Waals surface area contributed by atoms with Gasteiger partial charge >= 0.3 is 0 Å². The van der Waals surface area contributed by atoms with Crippen molar-refractivity contribution in [3.05, 3.63) is 47.5 Å². The first-order valence-electron chi connectivity index (χ1n) is 10.8. The van der Waals surface area contributed by atoms with Crippen molar-refractivity contribution in [3.8, 4) is 17.1 Å². The second-order valence-corrected chi connectivity index (χ2v) is 9.72. The number of nitrogens with zero attached hydrogens (tertiary/aromatic N) is 1. The van der Waals surface area contributed by atoms with Crippen molar-refractivity contribution in [2.45, 2.75) is 50.9 Å². The quantitative estimate of drug-likeness (QED) is 0.611. The Morgan fingerprint density at radius 1 is 0.964 bits per heavy atom. The number of rotatable bonds is 3. The zero-order valence-electron chi connectivity index (χ0n) is 16.8. The molecule has 0 spiro atoms. The molecule has 1 N–H and O–H groups in total. The van der Waals surface area contributed by atoms with Crippen LogP contribution in [0.4, 0.5) is 0 Å². The van der Waals surface area contributed by atoms with E-state index < -0.39 is 0 Å². The van der Waals surface area contributed by atoms with Gasteiger partial charge in [0, 0.05) is 11.1 Å². The normalized spacial score (nSPS) is 30.9. The van der Waals surface area contributed by atoms with Gasteiger partial charge in [0.05, 0.1) is 18.1 Å². The monoisotopic (exact) mass is 372 g/mol. The van der Waals surface area contributed by atoms with E-state index in [0.29, 0.717) is 5.41 Å². The van der Waals surface area contributed by atoms with E-state index in [1.54, 1.807) is 0 Å². The topological polar surface area (TPSA) is 37.9 Å². The number of aryl methyl sites for hydroxylation is 1. The van der Waals surface area contributed by atoms with Crippen LogP contribution in [0.3, 0.4) is 0 Å². The molecular formula is C25H28N2O. The molecule has 4 bridgehead atoms. The highest BCUT2D eigenvalue weighted by molar-refractivity contribution is 5.80. The number of fused-ring (bicyclic) bond motifs is 1. The predicted octanol–water partition coefficient (Wildman–Crippen LogP) is 6.01. The lowest BCUT2D eigenvalue weighted by Gasteiger charge is -2.57. The van der Waals surface area contributed by atoms with E-state index >= 15 is 0 Å². The van der Waals surface area contributed by atoms with Crippen LogP contribution in [0, 0.1) is 24.7 Å². The highest BCUT2D eigenvalue weighted by atomic mass is 16.5. The third-order valence-electron chi connectivity index (χ3n) is 7.72. The Kier molecular flexibility index (Phi) is 3.48. The Labute approximate surface area is 166 Å². The van der Waals surface area contributed by atoms with Crippen LogP contribution in [-0.4, -0.2) is 17.1 Å². The first kappa shape index (κ1) is 16.6. The molecule has 3 nitrogen and oxygen atoms in total. The van der Waals surface area contributed by atoms with Crippen molar-refractivity contribution in [3.63, 3.8) is 0 Å². The second-order valence-electron chi connectivity index (χ2n) is 9.72. The molecule has 0 saturated heterocycles. The fourth-order valence-electron chi connectivity index (χ4n) is 6.97. The largest absolute Gasteiger partial charge is 0.496 e. The SMILES string of the molecule is COc1ccc(-c2nc3ccc(C)cc3[nH]2)cc1C12CC3CC(CC(C3)C1)C2. The molecule has 0 atom stereocenters. The minimum atomic E-state index is 0.318. The van der Waals surface area contributed by atoms with Crippen molar-refractivity contribution in [2.24, 2.45) is 17.8 Å². The molecule has 3 aromatic rings. The van der Waals surface area contributed by atoms with Gasteiger partial charge < -0.3 is 9.72 Å². The summed E-state index contributed by atoms with van der Waals surface area (Å²) in [5, 5.41) is 0. The van der Waals surface area contributed by atoms with Crippen LogP contribution < -0.4 is 4.74 Å². The molecule has 3 heteroatoms. The zero-order valence-corrected chi connectivity index (χ0v) is 16.8. The van der Waals surface area contributed by atoms with Gasteiger partial charge in [-0.2, -0.15) is 0 Å². The average Bonchev–Trinajstić information content (AvgIpc) is 3.09. The summed E-state index contributed by atoms with van der Waals surface area (Å²) in [6.07, 6.45) is 8.42. The Morgan fingerprint density at radius 2 is 1.68 bits per heavy atom. The summed E-state index contributed by atoms with van der Waals surface area (Å²) in [7, 11) is 1.82. The molecule has 1 aromatic heterocycles. The average molecular weight is 373 g/mol. The van der Waals surface area contributed by atoms with Gasteiger partial charge in [-0.1, -0.05) is 6.07 Å². The Balaban J connectivity index is 1.47. The van der Waals surface area contributed by atoms with Gasteiger partial charge in [0.2, 0.25) is 0 Å². The van der Waals surface area contributed by atoms with E-state index in [9.17, 15) is 0 Å². The first-order chi connectivity index (χ1) is 13.6. The van der Waals surface area contributed by atoms with Crippen LogP contribution in [0.5, 0.6) is 5.75 Å². The Bertz CT molecular complexity index is 1030. The molecule has 4 saturated carbocycles. The highest BCUT2D eigenvalue weighted by Gasteiger charge is 2.52. The standard InChI is InChI=1S/C25H28N2O/c1-15-3-5-21-22(7-15)27-24(26-21)19-4-6-23(28-2)20(11-19)25-12-16-8-17(13-25)10-18(9-16)14-25/h3-7,11,16-18H,8-10,12-14H2,1-2H3,(H,26,27). The van der Waals surface area contributed by atoms with Crippen LogP contribution in [0.2, 0.25) is 0 Å². The first-order valence-corrected chi connectivity index (χ1v) is 10.8. The molecule has 0 aliphatic heterocycles. The maximum absolute atomic E-state index is 5.87. The second kappa shape index (κ2) is 5.85. The van der Waals surface area contributed by atoms with Crippen LogP contribution in [0.25, 0.3) is 22.4 Å². The molecule has 0 amide bonds. The summed E-state index contributed by atoms with van der Waals surface area (Å²) in [4.78, 5) is 8.41. The number of methoxy groups -OCH3 is 1. The summed E-state index contributed by atoms with van der Waals surface area (Å²) in [6.45, 7) is 2.12. The minimum Gasteiger partial charge on any atom is -0.496 e. The number of aromatic amines is 1. The van der Waals surface area contributed by atoms with Gasteiger partial charge in [-0.05, 0) is 105 Å². The van der Waals surface area contributed by atoms with Crippen molar-refractivity contribution in [1.82, 2.24) is 9.97 Å². The lowest BCUT2D eigenvalue weighted by atomic mass is 9.48. The molecular weight excluding hydrogens is 344 g/mol. The molecule has 0 unspecified atom stereocenters. The third kappa shape index (κ3) is 2.45. The lowest BCUT2D eigenvalue weighted by molar-refractivity contribution is -0.00613. The number of aromatic nitrogens is 2. The summed E-state index contributed by atoms with van der Waals surface area (Å²) < 4.78 is 5.87. The van der Waals surface area contributed by atoms with Crippen LogP contribution >= 0.6 is 0 Å². The van der Waals surface area contributed by atoms with Crippen molar-refractivity contribution < 1.29 is 4.74 Å². The van der Waals surface area contributed by atoms with Crippen molar-refractivity contribution in [2.75, 3.05) is 7.11 Å². The molecule has 7 rings (SSSR count). The Morgan fingerprint density at radius 3 is 2.36 bits per heavy atom. The summed E-state index contributed by atoms with van der Waals surface area (Å²) in [5.74, 6) is 4.81. The fourth-order valence-corrected chi connectivity index (χ4v) is 6.97. The molecule has 0 radical (unpaired) electrons. The molecule has 144 valence electrons. The van der Waals surface area contributed by atoms with E-state index in [4.69, 9.17) is 9.72 Å². The smallest absolute Gasteiger partial charge is 0.138 e. The van der Waals surface area contributed by atoms with Gasteiger partial charge in [0.15, 0.2) is 0 Å². The van der Waals surface area contributed by atoms with Crippen LogP contribution in [0.15, 0.2) is 36.4 Å². The number of hydrogen-bond donors (Lipinski definition) is 1. The minimum absolute atomic E-state index is 0.318. The molecule has 4 fully saturated rings. The summed E-state index contributed by atoms with van der Waals surface area (Å²) in [6, 6.07) is 13.1. The fraction of sp³-hybridized carbons (Fsp3) is 0.480. The van der Waals surface area contributed by atoms with E-state index in [1.165, 1.54) is 55.2 Å². The van der Waals surface area contributed by atoms with E-state index in [2.05, 4.69) is 48.3 Å². The summed E-state index contributed by atoms with van der Waals surface area (Å²) in [5.41, 5.74) is 6.34. The number of ether oxygens (including phenoxy) is 1. The molecule has 28 heavy (non-hydrogen) atoms. The summed E-state index contributed by atoms with van der Waals surface area (Å²) >= 11 is 0.